The molecule has 1 aromatic heterocycles. The molecule has 0 amide bonds. The lowest BCUT2D eigenvalue weighted by Gasteiger charge is -2.21. The van der Waals surface area contributed by atoms with Crippen molar-refractivity contribution in [1.82, 2.24) is 20.1 Å². The number of methoxy groups -OCH3 is 1. The third-order valence-corrected chi connectivity index (χ3v) is 2.97. The van der Waals surface area contributed by atoms with E-state index in [0.29, 0.717) is 6.54 Å². The quantitative estimate of drug-likeness (QED) is 0.908. The maximum absolute atomic E-state index is 5.41. The first kappa shape index (κ1) is 14.5. The largest absolute Gasteiger partial charge is 0.496 e. The topological polar surface area (TPSA) is 52.0 Å². The van der Waals surface area contributed by atoms with Crippen LogP contribution in [0.4, 0.5) is 0 Å². The summed E-state index contributed by atoms with van der Waals surface area (Å²) in [5.74, 6) is 0.875. The minimum atomic E-state index is 0.103. The Morgan fingerprint density at radius 3 is 2.70 bits per heavy atom. The van der Waals surface area contributed by atoms with Crippen LogP contribution in [0.5, 0.6) is 5.75 Å². The van der Waals surface area contributed by atoms with Crippen LogP contribution < -0.4 is 10.1 Å². The number of hydrogen-bond donors (Lipinski definition) is 1. The van der Waals surface area contributed by atoms with Gasteiger partial charge in [0, 0.05) is 17.6 Å². The van der Waals surface area contributed by atoms with Crippen molar-refractivity contribution in [2.24, 2.45) is 0 Å². The fourth-order valence-corrected chi connectivity index (χ4v) is 1.92. The molecule has 108 valence electrons. The van der Waals surface area contributed by atoms with Gasteiger partial charge in [-0.3, -0.25) is 0 Å². The highest BCUT2D eigenvalue weighted by atomic mass is 16.5. The molecule has 2 aromatic rings. The minimum absolute atomic E-state index is 0.103. The van der Waals surface area contributed by atoms with E-state index in [9.17, 15) is 0 Å². The van der Waals surface area contributed by atoms with Gasteiger partial charge in [-0.1, -0.05) is 6.07 Å². The van der Waals surface area contributed by atoms with Crippen LogP contribution >= 0.6 is 0 Å². The standard InChI is InChI=1S/C15H22N4O/c1-15(2,3)17-8-12-5-6-14(20-4)13(7-12)9-19-11-16-10-18-19/h5-7,10-11,17H,8-9H2,1-4H3. The van der Waals surface area contributed by atoms with Gasteiger partial charge in [0.25, 0.3) is 0 Å². The summed E-state index contributed by atoms with van der Waals surface area (Å²) in [5, 5.41) is 7.62. The highest BCUT2D eigenvalue weighted by Crippen LogP contribution is 2.21. The predicted molar refractivity (Wildman–Crippen MR) is 78.7 cm³/mol. The molecule has 1 N–H and O–H groups in total. The molecular formula is C15H22N4O. The Hall–Kier alpha value is -1.88. The monoisotopic (exact) mass is 274 g/mol. The van der Waals surface area contributed by atoms with Gasteiger partial charge in [0.1, 0.15) is 18.4 Å². The molecule has 0 unspecified atom stereocenters. The molecule has 5 heteroatoms. The third-order valence-electron chi connectivity index (χ3n) is 2.97. The lowest BCUT2D eigenvalue weighted by Crippen LogP contribution is -2.35. The highest BCUT2D eigenvalue weighted by molar-refractivity contribution is 5.37. The van der Waals surface area contributed by atoms with Crippen LogP contribution in [0.2, 0.25) is 0 Å². The fourth-order valence-electron chi connectivity index (χ4n) is 1.92. The maximum atomic E-state index is 5.41. The molecule has 0 bridgehead atoms. The molecule has 5 nitrogen and oxygen atoms in total. The minimum Gasteiger partial charge on any atom is -0.496 e. The summed E-state index contributed by atoms with van der Waals surface area (Å²) in [6.07, 6.45) is 3.25. The molecule has 0 spiro atoms. The number of nitrogens with one attached hydrogen (secondary N) is 1. The fraction of sp³-hybridized carbons (Fsp3) is 0.467. The number of benzene rings is 1. The van der Waals surface area contributed by atoms with Crippen molar-refractivity contribution in [2.75, 3.05) is 7.11 Å². The smallest absolute Gasteiger partial charge is 0.137 e. The van der Waals surface area contributed by atoms with Crippen LogP contribution in [0.3, 0.4) is 0 Å². The van der Waals surface area contributed by atoms with Crippen molar-refractivity contribution >= 4 is 0 Å². The Bertz CT molecular complexity index is 543. The second-order valence-corrected chi connectivity index (χ2v) is 5.84. The Labute approximate surface area is 120 Å². The summed E-state index contributed by atoms with van der Waals surface area (Å²) in [6, 6.07) is 6.24. The summed E-state index contributed by atoms with van der Waals surface area (Å²) >= 11 is 0. The molecule has 0 atom stereocenters. The van der Waals surface area contributed by atoms with Gasteiger partial charge in [-0.15, -0.1) is 0 Å². The van der Waals surface area contributed by atoms with Crippen LogP contribution in [0.15, 0.2) is 30.9 Å². The lowest BCUT2D eigenvalue weighted by atomic mass is 10.1. The van der Waals surface area contributed by atoms with Gasteiger partial charge in [-0.05, 0) is 38.5 Å². The number of aromatic nitrogens is 3. The van der Waals surface area contributed by atoms with Crippen molar-refractivity contribution in [2.45, 2.75) is 39.4 Å². The van der Waals surface area contributed by atoms with E-state index in [1.807, 2.05) is 6.07 Å². The second-order valence-electron chi connectivity index (χ2n) is 5.84. The van der Waals surface area contributed by atoms with Gasteiger partial charge >= 0.3 is 0 Å². The second kappa shape index (κ2) is 6.05. The summed E-state index contributed by atoms with van der Waals surface area (Å²) in [6.45, 7) is 7.97. The zero-order chi connectivity index (χ0) is 14.6. The highest BCUT2D eigenvalue weighted by Gasteiger charge is 2.10. The van der Waals surface area contributed by atoms with E-state index in [2.05, 4.69) is 48.3 Å². The first-order chi connectivity index (χ1) is 9.48. The number of hydrogen-bond acceptors (Lipinski definition) is 4. The average Bonchev–Trinajstić information content (AvgIpc) is 2.89. The van der Waals surface area contributed by atoms with Crippen molar-refractivity contribution in [3.8, 4) is 5.75 Å². The van der Waals surface area contributed by atoms with Gasteiger partial charge in [0.05, 0.1) is 13.7 Å². The summed E-state index contributed by atoms with van der Waals surface area (Å²) < 4.78 is 7.20. The lowest BCUT2D eigenvalue weighted by molar-refractivity contribution is 0.405. The molecule has 0 fully saturated rings. The third kappa shape index (κ3) is 4.06. The number of ether oxygens (including phenoxy) is 1. The van der Waals surface area contributed by atoms with Gasteiger partial charge in [-0.2, -0.15) is 5.10 Å². The van der Waals surface area contributed by atoms with Crippen molar-refractivity contribution in [3.05, 3.63) is 42.0 Å². The van der Waals surface area contributed by atoms with E-state index in [1.165, 1.54) is 11.9 Å². The summed E-state index contributed by atoms with van der Waals surface area (Å²) in [5.41, 5.74) is 2.44. The molecular weight excluding hydrogens is 252 g/mol. The van der Waals surface area contributed by atoms with Crippen LogP contribution in [-0.4, -0.2) is 27.4 Å². The van der Waals surface area contributed by atoms with Crippen molar-refractivity contribution in [3.63, 3.8) is 0 Å². The average molecular weight is 274 g/mol. The van der Waals surface area contributed by atoms with Crippen LogP contribution in [-0.2, 0) is 13.1 Å². The molecule has 1 heterocycles. The van der Waals surface area contributed by atoms with E-state index >= 15 is 0 Å². The van der Waals surface area contributed by atoms with Crippen molar-refractivity contribution in [1.29, 1.82) is 0 Å². The van der Waals surface area contributed by atoms with Crippen molar-refractivity contribution < 1.29 is 4.74 Å². The zero-order valence-corrected chi connectivity index (χ0v) is 12.6. The molecule has 0 saturated heterocycles. The molecule has 0 aliphatic heterocycles. The van der Waals surface area contributed by atoms with E-state index in [1.54, 1.807) is 18.1 Å². The molecule has 2 rings (SSSR count). The van der Waals surface area contributed by atoms with Gasteiger partial charge < -0.3 is 10.1 Å². The zero-order valence-electron chi connectivity index (χ0n) is 12.6. The van der Waals surface area contributed by atoms with E-state index < -0.39 is 0 Å². The number of rotatable bonds is 5. The molecule has 0 saturated carbocycles. The van der Waals surface area contributed by atoms with E-state index in [0.717, 1.165) is 17.9 Å². The van der Waals surface area contributed by atoms with Crippen LogP contribution in [0.25, 0.3) is 0 Å². The maximum Gasteiger partial charge on any atom is 0.137 e. The Balaban J connectivity index is 2.16. The van der Waals surface area contributed by atoms with Gasteiger partial charge in [-0.25, -0.2) is 9.67 Å². The SMILES string of the molecule is COc1ccc(CNC(C)(C)C)cc1Cn1cncn1. The normalized spacial score (nSPS) is 11.6. The van der Waals surface area contributed by atoms with Gasteiger partial charge in [0.2, 0.25) is 0 Å². The number of nitrogens with zero attached hydrogens (tertiary/aromatic N) is 3. The molecule has 0 aliphatic carbocycles. The van der Waals surface area contributed by atoms with E-state index in [-0.39, 0.29) is 5.54 Å². The first-order valence-electron chi connectivity index (χ1n) is 6.71. The first-order valence-corrected chi connectivity index (χ1v) is 6.71. The van der Waals surface area contributed by atoms with Crippen LogP contribution in [0, 0.1) is 0 Å². The Morgan fingerprint density at radius 1 is 1.30 bits per heavy atom. The Kier molecular flexibility index (Phi) is 4.39. The summed E-state index contributed by atoms with van der Waals surface area (Å²) in [4.78, 5) is 3.96. The van der Waals surface area contributed by atoms with Gasteiger partial charge in [0.15, 0.2) is 0 Å². The summed E-state index contributed by atoms with van der Waals surface area (Å²) in [7, 11) is 1.69. The molecule has 1 aromatic carbocycles. The molecule has 20 heavy (non-hydrogen) atoms. The van der Waals surface area contributed by atoms with Crippen LogP contribution in [0.1, 0.15) is 31.9 Å². The van der Waals surface area contributed by atoms with E-state index in [4.69, 9.17) is 4.74 Å². The molecule has 0 aliphatic rings. The Morgan fingerprint density at radius 2 is 2.10 bits per heavy atom. The predicted octanol–water partition coefficient (Wildman–Crippen LogP) is 2.22. The molecule has 0 radical (unpaired) electrons.